The zero-order chi connectivity index (χ0) is 19.2. The quantitative estimate of drug-likeness (QED) is 0.731. The van der Waals surface area contributed by atoms with E-state index in [1.807, 2.05) is 32.0 Å². The highest BCUT2D eigenvalue weighted by atomic mass is 16.5. The molecule has 1 spiro atoms. The minimum Gasteiger partial charge on any atom is -0.464 e. The summed E-state index contributed by atoms with van der Waals surface area (Å²) in [4.78, 5) is 27.9. The van der Waals surface area contributed by atoms with Gasteiger partial charge in [0.2, 0.25) is 5.91 Å². The van der Waals surface area contributed by atoms with Gasteiger partial charge >= 0.3 is 5.97 Å². The molecule has 0 aliphatic heterocycles. The normalized spacial score (nSPS) is 30.1. The molecule has 1 amide bonds. The zero-order valence-electron chi connectivity index (χ0n) is 16.4. The van der Waals surface area contributed by atoms with Crippen LogP contribution in [0.2, 0.25) is 0 Å². The second-order valence-electron chi connectivity index (χ2n) is 8.69. The Morgan fingerprint density at radius 1 is 1.30 bits per heavy atom. The first-order valence-electron chi connectivity index (χ1n) is 9.93. The molecule has 1 aromatic heterocycles. The lowest BCUT2D eigenvalue weighted by molar-refractivity contribution is -0.155. The van der Waals surface area contributed by atoms with Crippen LogP contribution in [0.5, 0.6) is 0 Å². The zero-order valence-corrected chi connectivity index (χ0v) is 16.4. The van der Waals surface area contributed by atoms with Gasteiger partial charge in [-0.3, -0.25) is 9.59 Å². The molecule has 27 heavy (non-hydrogen) atoms. The first kappa shape index (κ1) is 18.5. The highest BCUT2D eigenvalue weighted by Crippen LogP contribution is 2.74. The van der Waals surface area contributed by atoms with Crippen LogP contribution in [0.25, 0.3) is 0 Å². The van der Waals surface area contributed by atoms with Crippen LogP contribution in [0.1, 0.15) is 37.1 Å². The minimum atomic E-state index is -0.299. The van der Waals surface area contributed by atoms with Gasteiger partial charge in [-0.25, -0.2) is 0 Å². The predicted molar refractivity (Wildman–Crippen MR) is 97.5 cm³/mol. The minimum absolute atomic E-state index is 0.0383. The monoisotopic (exact) mass is 375 g/mol. The van der Waals surface area contributed by atoms with E-state index >= 15 is 0 Å². The Labute approximate surface area is 159 Å². The van der Waals surface area contributed by atoms with Crippen molar-refractivity contribution in [3.05, 3.63) is 17.5 Å². The third-order valence-corrected chi connectivity index (χ3v) is 6.83. The summed E-state index contributed by atoms with van der Waals surface area (Å²) in [5, 5.41) is 6.91. The van der Waals surface area contributed by atoms with Gasteiger partial charge in [-0.15, -0.1) is 0 Å². The number of amides is 1. The van der Waals surface area contributed by atoms with E-state index in [2.05, 4.69) is 10.5 Å². The number of hydrogen-bond acceptors (Lipinski definition) is 6. The number of carbonyl (C=O) groups excluding carboxylic acids is 2. The highest BCUT2D eigenvalue weighted by molar-refractivity contribution is 5.87. The number of aryl methyl sites for hydroxylation is 1. The fourth-order valence-corrected chi connectivity index (χ4v) is 5.55. The third-order valence-electron chi connectivity index (χ3n) is 6.83. The molecule has 0 unspecified atom stereocenters. The number of hydrogen-bond donors (Lipinski definition) is 1. The number of esters is 1. The summed E-state index contributed by atoms with van der Waals surface area (Å²) in [5.41, 5.74) is 0.924. The van der Waals surface area contributed by atoms with E-state index < -0.39 is 0 Å². The van der Waals surface area contributed by atoms with E-state index in [0.29, 0.717) is 37.2 Å². The van der Waals surface area contributed by atoms with Crippen LogP contribution < -0.4 is 5.32 Å². The second kappa shape index (κ2) is 6.93. The molecule has 0 aromatic carbocycles. The van der Waals surface area contributed by atoms with Crippen molar-refractivity contribution in [1.29, 1.82) is 0 Å². The van der Waals surface area contributed by atoms with Crippen LogP contribution in [0.4, 0.5) is 0 Å². The molecule has 7 heteroatoms. The van der Waals surface area contributed by atoms with Gasteiger partial charge < -0.3 is 19.5 Å². The van der Waals surface area contributed by atoms with E-state index in [1.54, 1.807) is 0 Å². The van der Waals surface area contributed by atoms with Crippen molar-refractivity contribution in [2.75, 3.05) is 27.2 Å². The van der Waals surface area contributed by atoms with Gasteiger partial charge in [-0.2, -0.15) is 0 Å². The van der Waals surface area contributed by atoms with E-state index in [0.717, 1.165) is 31.4 Å². The molecule has 1 N–H and O–H groups in total. The van der Waals surface area contributed by atoms with Gasteiger partial charge in [0.05, 0.1) is 18.4 Å². The van der Waals surface area contributed by atoms with Gasteiger partial charge in [-0.1, -0.05) is 5.16 Å². The Kier molecular flexibility index (Phi) is 4.74. The summed E-state index contributed by atoms with van der Waals surface area (Å²) < 4.78 is 10.6. The Bertz CT molecular complexity index is 725. The summed E-state index contributed by atoms with van der Waals surface area (Å²) in [6.07, 6.45) is 4.39. The smallest absolute Gasteiger partial charge is 0.310 e. The van der Waals surface area contributed by atoms with Gasteiger partial charge in [0.1, 0.15) is 18.1 Å². The van der Waals surface area contributed by atoms with E-state index in [1.165, 1.54) is 0 Å². The number of rotatable bonds is 7. The molecule has 4 rings (SSSR count). The average Bonchev–Trinajstić information content (AvgIpc) is 3.10. The van der Waals surface area contributed by atoms with Crippen molar-refractivity contribution in [2.24, 2.45) is 29.1 Å². The highest BCUT2D eigenvalue weighted by Gasteiger charge is 2.71. The predicted octanol–water partition coefficient (Wildman–Crippen LogP) is 1.76. The number of nitrogens with one attached hydrogen (secondary N) is 1. The van der Waals surface area contributed by atoms with Gasteiger partial charge in [-0.05, 0) is 64.0 Å². The van der Waals surface area contributed by atoms with Crippen LogP contribution in [0.15, 0.2) is 10.6 Å². The molecule has 0 radical (unpaired) electrons. The van der Waals surface area contributed by atoms with Crippen LogP contribution in [0.3, 0.4) is 0 Å². The summed E-state index contributed by atoms with van der Waals surface area (Å²) in [6, 6.07) is 1.82. The second-order valence-corrected chi connectivity index (χ2v) is 8.69. The van der Waals surface area contributed by atoms with Crippen LogP contribution in [-0.4, -0.2) is 49.2 Å². The maximum Gasteiger partial charge on any atom is 0.310 e. The number of aromatic nitrogens is 1. The average molecular weight is 375 g/mol. The van der Waals surface area contributed by atoms with E-state index in [-0.39, 0.29) is 29.1 Å². The molecule has 1 heterocycles. The van der Waals surface area contributed by atoms with Gasteiger partial charge in [0, 0.05) is 12.6 Å². The van der Waals surface area contributed by atoms with Crippen molar-refractivity contribution >= 4 is 11.9 Å². The van der Waals surface area contributed by atoms with E-state index in [4.69, 9.17) is 9.26 Å². The Morgan fingerprint density at radius 3 is 2.59 bits per heavy atom. The summed E-state index contributed by atoms with van der Waals surface area (Å²) >= 11 is 0. The number of ether oxygens (including phenoxy) is 1. The molecule has 2 bridgehead atoms. The molecule has 3 saturated carbocycles. The topological polar surface area (TPSA) is 84.7 Å². The molecule has 3 aliphatic carbocycles. The first-order chi connectivity index (χ1) is 12.9. The largest absolute Gasteiger partial charge is 0.464 e. The summed E-state index contributed by atoms with van der Waals surface area (Å²) in [7, 11) is 3.90. The number of carbonyl (C=O) groups is 2. The van der Waals surface area contributed by atoms with Crippen molar-refractivity contribution in [3.8, 4) is 0 Å². The fraction of sp³-hybridized carbons (Fsp3) is 0.750. The van der Waals surface area contributed by atoms with Gasteiger partial charge in [0.25, 0.3) is 0 Å². The van der Waals surface area contributed by atoms with Crippen molar-refractivity contribution in [2.45, 2.75) is 39.2 Å². The lowest BCUT2D eigenvalue weighted by Crippen LogP contribution is -2.42. The van der Waals surface area contributed by atoms with Crippen molar-refractivity contribution in [1.82, 2.24) is 15.4 Å². The lowest BCUT2D eigenvalue weighted by atomic mass is 9.78. The molecular weight excluding hydrogens is 346 g/mol. The molecule has 7 nitrogen and oxygen atoms in total. The maximum atomic E-state index is 13.0. The number of nitrogens with zero attached hydrogens (tertiary/aromatic N) is 2. The first-order valence-corrected chi connectivity index (χ1v) is 9.93. The number of likely N-dealkylation sites (N-methyl/N-ethyl adjacent to an activating group) is 1. The Balaban J connectivity index is 1.45. The van der Waals surface area contributed by atoms with Crippen molar-refractivity contribution in [3.63, 3.8) is 0 Å². The molecule has 0 saturated heterocycles. The Hall–Kier alpha value is -1.89. The standard InChI is InChI=1S/C20H29N3O4/c1-12-10-13(22-27-12)11-21-18(24)16-14-4-5-15(20(14)6-7-20)17(16)19(25)26-9-8-23(2)3/h10,14-17H,4-9,11H2,1-3H3,(H,21,24)/t14-,15+,16+,17+/m0/s1. The summed E-state index contributed by atoms with van der Waals surface area (Å²) in [5.74, 6) is 0.542. The maximum absolute atomic E-state index is 13.0. The van der Waals surface area contributed by atoms with Crippen LogP contribution in [-0.2, 0) is 20.9 Å². The van der Waals surface area contributed by atoms with Crippen molar-refractivity contribution < 1.29 is 18.8 Å². The molecule has 148 valence electrons. The fourth-order valence-electron chi connectivity index (χ4n) is 5.55. The van der Waals surface area contributed by atoms with Gasteiger partial charge in [0.15, 0.2) is 0 Å². The molecular formula is C20H29N3O4. The SMILES string of the molecule is Cc1cc(CNC(=O)[C@H]2[C@H](C(=O)OCCN(C)C)[C@H]3CC[C@@H]2C32CC2)no1. The molecule has 3 aliphatic rings. The van der Waals surface area contributed by atoms with Crippen LogP contribution >= 0.6 is 0 Å². The van der Waals surface area contributed by atoms with E-state index in [9.17, 15) is 9.59 Å². The third kappa shape index (κ3) is 3.26. The Morgan fingerprint density at radius 2 is 2.00 bits per heavy atom. The lowest BCUT2D eigenvalue weighted by Gasteiger charge is -2.28. The molecule has 3 fully saturated rings. The molecule has 4 atom stereocenters. The summed E-state index contributed by atoms with van der Waals surface area (Å²) in [6.45, 7) is 3.23. The molecule has 1 aromatic rings. The van der Waals surface area contributed by atoms with Crippen LogP contribution in [0, 0.1) is 36.0 Å².